The molecule has 0 radical (unpaired) electrons. The number of hydrogen-bond acceptors (Lipinski definition) is 3. The molecular formula is C11H13N3O4. The van der Waals surface area contributed by atoms with Crippen LogP contribution in [0.5, 0.6) is 0 Å². The van der Waals surface area contributed by atoms with Crippen LogP contribution >= 0.6 is 0 Å². The Bertz CT molecular complexity index is 470. The average molecular weight is 251 g/mol. The van der Waals surface area contributed by atoms with E-state index < -0.39 is 23.8 Å². The number of benzene rings is 1. The summed E-state index contributed by atoms with van der Waals surface area (Å²) in [4.78, 5) is 32.6. The van der Waals surface area contributed by atoms with E-state index in [4.69, 9.17) is 10.8 Å². The molecule has 0 aliphatic carbocycles. The van der Waals surface area contributed by atoms with Crippen LogP contribution in [0.2, 0.25) is 0 Å². The zero-order valence-electron chi connectivity index (χ0n) is 9.64. The molecule has 0 aromatic heterocycles. The van der Waals surface area contributed by atoms with Gasteiger partial charge in [0.05, 0.1) is 0 Å². The van der Waals surface area contributed by atoms with Crippen molar-refractivity contribution < 1.29 is 19.5 Å². The Morgan fingerprint density at radius 2 is 1.56 bits per heavy atom. The van der Waals surface area contributed by atoms with E-state index in [0.717, 1.165) is 0 Å². The van der Waals surface area contributed by atoms with E-state index in [-0.39, 0.29) is 0 Å². The molecule has 1 unspecified atom stereocenters. The summed E-state index contributed by atoms with van der Waals surface area (Å²) in [5.41, 5.74) is 5.84. The molecule has 7 heteroatoms. The molecule has 18 heavy (non-hydrogen) atoms. The van der Waals surface area contributed by atoms with Gasteiger partial charge in [-0.2, -0.15) is 0 Å². The van der Waals surface area contributed by atoms with Crippen LogP contribution in [0.15, 0.2) is 24.3 Å². The fourth-order valence-corrected chi connectivity index (χ4v) is 1.14. The van der Waals surface area contributed by atoms with E-state index in [1.165, 1.54) is 31.2 Å². The second kappa shape index (κ2) is 5.67. The Kier molecular flexibility index (Phi) is 4.25. The number of primary amides is 1. The van der Waals surface area contributed by atoms with Crippen LogP contribution in [0.4, 0.5) is 16.2 Å². The number of carboxylic acid groups (broad SMARTS) is 1. The minimum atomic E-state index is -1.19. The molecule has 3 amide bonds. The first-order chi connectivity index (χ1) is 8.40. The molecule has 5 N–H and O–H groups in total. The number of anilines is 2. The van der Waals surface area contributed by atoms with Gasteiger partial charge in [-0.05, 0) is 31.2 Å². The maximum Gasteiger partial charge on any atom is 0.316 e. The third kappa shape index (κ3) is 3.78. The smallest absolute Gasteiger partial charge is 0.316 e. The first kappa shape index (κ1) is 13.5. The Morgan fingerprint density at radius 3 is 1.94 bits per heavy atom. The molecule has 0 fully saturated rings. The fraction of sp³-hybridized carbons (Fsp3) is 0.182. The van der Waals surface area contributed by atoms with Crippen molar-refractivity contribution in [1.82, 2.24) is 0 Å². The van der Waals surface area contributed by atoms with Crippen LogP contribution in [0.25, 0.3) is 0 Å². The summed E-state index contributed by atoms with van der Waals surface area (Å²) in [6.07, 6.45) is 0. The zero-order valence-corrected chi connectivity index (χ0v) is 9.64. The Balaban J connectivity index is 2.66. The monoisotopic (exact) mass is 251 g/mol. The molecule has 0 bridgehead atoms. The molecule has 1 aromatic carbocycles. The van der Waals surface area contributed by atoms with Crippen molar-refractivity contribution in [2.24, 2.45) is 11.7 Å². The summed E-state index contributed by atoms with van der Waals surface area (Å²) in [7, 11) is 0. The number of aliphatic carboxylic acids is 1. The van der Waals surface area contributed by atoms with Crippen molar-refractivity contribution in [1.29, 1.82) is 0 Å². The summed E-state index contributed by atoms with van der Waals surface area (Å²) in [5, 5.41) is 13.4. The highest BCUT2D eigenvalue weighted by molar-refractivity contribution is 6.03. The highest BCUT2D eigenvalue weighted by Gasteiger charge is 2.20. The molecule has 7 nitrogen and oxygen atoms in total. The molecule has 0 saturated heterocycles. The maximum absolute atomic E-state index is 11.4. The van der Waals surface area contributed by atoms with Crippen LogP contribution in [-0.2, 0) is 9.59 Å². The third-order valence-corrected chi connectivity index (χ3v) is 2.18. The van der Waals surface area contributed by atoms with Crippen molar-refractivity contribution in [3.05, 3.63) is 24.3 Å². The molecule has 96 valence electrons. The van der Waals surface area contributed by atoms with Crippen molar-refractivity contribution in [2.75, 3.05) is 10.6 Å². The van der Waals surface area contributed by atoms with Crippen LogP contribution in [0.3, 0.4) is 0 Å². The topological polar surface area (TPSA) is 122 Å². The second-order valence-corrected chi connectivity index (χ2v) is 3.62. The minimum Gasteiger partial charge on any atom is -0.481 e. The number of carbonyl (C=O) groups is 3. The van der Waals surface area contributed by atoms with Gasteiger partial charge < -0.3 is 21.5 Å². The highest BCUT2D eigenvalue weighted by Crippen LogP contribution is 2.14. The Labute approximate surface area is 103 Å². The van der Waals surface area contributed by atoms with E-state index in [0.29, 0.717) is 11.4 Å². The van der Waals surface area contributed by atoms with E-state index in [1.807, 2.05) is 0 Å². The lowest BCUT2D eigenvalue weighted by Gasteiger charge is -2.09. The van der Waals surface area contributed by atoms with Gasteiger partial charge in [0.15, 0.2) is 0 Å². The van der Waals surface area contributed by atoms with Gasteiger partial charge in [-0.1, -0.05) is 0 Å². The van der Waals surface area contributed by atoms with Gasteiger partial charge in [-0.25, -0.2) is 4.79 Å². The quantitative estimate of drug-likeness (QED) is 0.592. The number of urea groups is 1. The highest BCUT2D eigenvalue weighted by atomic mass is 16.4. The summed E-state index contributed by atoms with van der Waals surface area (Å²) in [6.45, 7) is 1.29. The predicted octanol–water partition coefficient (Wildman–Crippen LogP) is 0.836. The summed E-state index contributed by atoms with van der Waals surface area (Å²) < 4.78 is 0. The molecule has 0 heterocycles. The molecular weight excluding hydrogens is 238 g/mol. The van der Waals surface area contributed by atoms with E-state index in [1.54, 1.807) is 0 Å². The van der Waals surface area contributed by atoms with Crippen molar-refractivity contribution in [3.63, 3.8) is 0 Å². The summed E-state index contributed by atoms with van der Waals surface area (Å²) >= 11 is 0. The zero-order chi connectivity index (χ0) is 13.7. The molecule has 0 aliphatic rings. The lowest BCUT2D eigenvalue weighted by atomic mass is 10.1. The van der Waals surface area contributed by atoms with Gasteiger partial charge in [-0.15, -0.1) is 0 Å². The normalized spacial score (nSPS) is 11.4. The molecule has 0 spiro atoms. The summed E-state index contributed by atoms with van der Waals surface area (Å²) in [5.74, 6) is -2.94. The molecule has 1 atom stereocenters. The van der Waals surface area contributed by atoms with Gasteiger partial charge >= 0.3 is 12.0 Å². The van der Waals surface area contributed by atoms with Crippen molar-refractivity contribution in [3.8, 4) is 0 Å². The maximum atomic E-state index is 11.4. The van der Waals surface area contributed by atoms with E-state index in [9.17, 15) is 14.4 Å². The summed E-state index contributed by atoms with van der Waals surface area (Å²) in [6, 6.07) is 5.43. The third-order valence-electron chi connectivity index (χ3n) is 2.18. The SMILES string of the molecule is CC(C(=O)O)C(=O)Nc1ccc(NC(N)=O)cc1. The van der Waals surface area contributed by atoms with Crippen molar-refractivity contribution >= 4 is 29.3 Å². The van der Waals surface area contributed by atoms with Crippen molar-refractivity contribution in [2.45, 2.75) is 6.92 Å². The van der Waals surface area contributed by atoms with Gasteiger partial charge in [0.1, 0.15) is 5.92 Å². The lowest BCUT2D eigenvalue weighted by Crippen LogP contribution is -2.26. The predicted molar refractivity (Wildman–Crippen MR) is 65.1 cm³/mol. The number of carbonyl (C=O) groups excluding carboxylic acids is 2. The van der Waals surface area contributed by atoms with Gasteiger partial charge in [0, 0.05) is 11.4 Å². The number of amides is 3. The number of hydrogen-bond donors (Lipinski definition) is 4. The van der Waals surface area contributed by atoms with Crippen LogP contribution in [-0.4, -0.2) is 23.0 Å². The van der Waals surface area contributed by atoms with Crippen LogP contribution < -0.4 is 16.4 Å². The van der Waals surface area contributed by atoms with Gasteiger partial charge in [-0.3, -0.25) is 9.59 Å². The van der Waals surface area contributed by atoms with E-state index in [2.05, 4.69) is 10.6 Å². The van der Waals surface area contributed by atoms with Crippen LogP contribution in [0, 0.1) is 5.92 Å². The number of rotatable bonds is 4. The Hall–Kier alpha value is -2.57. The lowest BCUT2D eigenvalue weighted by molar-refractivity contribution is -0.144. The number of carboxylic acids is 1. The second-order valence-electron chi connectivity index (χ2n) is 3.62. The average Bonchev–Trinajstić information content (AvgIpc) is 2.29. The Morgan fingerprint density at radius 1 is 1.11 bits per heavy atom. The largest absolute Gasteiger partial charge is 0.481 e. The number of nitrogens with one attached hydrogen (secondary N) is 2. The minimum absolute atomic E-state index is 0.433. The molecule has 1 aromatic rings. The van der Waals surface area contributed by atoms with E-state index >= 15 is 0 Å². The fourth-order valence-electron chi connectivity index (χ4n) is 1.14. The van der Waals surface area contributed by atoms with Gasteiger partial charge in [0.2, 0.25) is 5.91 Å². The first-order valence-corrected chi connectivity index (χ1v) is 5.10. The van der Waals surface area contributed by atoms with Crippen LogP contribution in [0.1, 0.15) is 6.92 Å². The number of nitrogens with two attached hydrogens (primary N) is 1. The standard InChI is InChI=1S/C11H13N3O4/c1-6(10(16)17)9(15)13-7-2-4-8(5-3-7)14-11(12)18/h2-6H,1H3,(H,13,15)(H,16,17)(H3,12,14,18). The molecule has 0 saturated carbocycles. The van der Waals surface area contributed by atoms with Gasteiger partial charge in [0.25, 0.3) is 0 Å². The molecule has 0 aliphatic heterocycles. The first-order valence-electron chi connectivity index (χ1n) is 5.10. The molecule has 1 rings (SSSR count).